The van der Waals surface area contributed by atoms with Crippen molar-refractivity contribution in [2.24, 2.45) is 10.7 Å². The van der Waals surface area contributed by atoms with Gasteiger partial charge in [0, 0.05) is 19.8 Å². The molecule has 5 heteroatoms. The van der Waals surface area contributed by atoms with Crippen LogP contribution >= 0.6 is 0 Å². The molecule has 0 fully saturated rings. The van der Waals surface area contributed by atoms with E-state index in [4.69, 9.17) is 5.73 Å². The molecule has 0 spiro atoms. The van der Waals surface area contributed by atoms with Crippen LogP contribution in [0, 0.1) is 0 Å². The zero-order valence-corrected chi connectivity index (χ0v) is 8.37. The molecular weight excluding hydrogens is 170 g/mol. The first-order chi connectivity index (χ1) is 6.02. The molecule has 0 saturated carbocycles. The molecule has 0 aliphatic carbocycles. The molecule has 1 amide bonds. The second kappa shape index (κ2) is 5.31. The fraction of sp³-hybridized carbons (Fsp3) is 0.500. The van der Waals surface area contributed by atoms with Gasteiger partial charge in [0.15, 0.2) is 0 Å². The number of rotatable bonds is 3. The first-order valence-electron chi connectivity index (χ1n) is 3.75. The highest BCUT2D eigenvalue weighted by Crippen LogP contribution is 1.94. The molecule has 74 valence electrons. The molecule has 0 aromatic rings. The van der Waals surface area contributed by atoms with Crippen LogP contribution in [0.4, 0.5) is 0 Å². The van der Waals surface area contributed by atoms with Crippen LogP contribution in [0.1, 0.15) is 6.92 Å². The van der Waals surface area contributed by atoms with Gasteiger partial charge in [-0.1, -0.05) is 0 Å². The number of nitrogens with zero attached hydrogens (tertiary/aromatic N) is 2. The average molecular weight is 185 g/mol. The van der Waals surface area contributed by atoms with Crippen LogP contribution in [0.15, 0.2) is 16.8 Å². The van der Waals surface area contributed by atoms with Crippen LogP contribution in [0.3, 0.4) is 0 Å². The number of allylic oxidation sites excluding steroid dienone is 1. The van der Waals surface area contributed by atoms with E-state index < -0.39 is 0 Å². The lowest BCUT2D eigenvalue weighted by Gasteiger charge is -2.13. The van der Waals surface area contributed by atoms with Crippen molar-refractivity contribution in [1.29, 1.82) is 0 Å². The van der Waals surface area contributed by atoms with E-state index in [1.54, 1.807) is 14.0 Å². The van der Waals surface area contributed by atoms with Gasteiger partial charge in [-0.3, -0.25) is 14.6 Å². The number of hydroxylamine groups is 2. The predicted octanol–water partition coefficient (Wildman–Crippen LogP) is -0.0605. The molecule has 2 N–H and O–H groups in total. The van der Waals surface area contributed by atoms with Crippen molar-refractivity contribution in [2.75, 3.05) is 21.2 Å². The number of amides is 1. The zero-order chi connectivity index (χ0) is 10.4. The Morgan fingerprint density at radius 1 is 1.62 bits per heavy atom. The Balaban J connectivity index is 4.51. The molecule has 0 aliphatic heterocycles. The molecule has 0 bridgehead atoms. The smallest absolute Gasteiger partial charge is 0.293 e. The number of nitrogens with two attached hydrogens (primary N) is 1. The fourth-order valence-corrected chi connectivity index (χ4v) is 0.616. The maximum Gasteiger partial charge on any atom is 0.293 e. The summed E-state index contributed by atoms with van der Waals surface area (Å²) >= 11 is 0. The third-order valence-corrected chi connectivity index (χ3v) is 1.52. The van der Waals surface area contributed by atoms with Crippen molar-refractivity contribution in [3.8, 4) is 0 Å². The normalized spacial score (nSPS) is 12.9. The molecule has 0 atom stereocenters. The summed E-state index contributed by atoms with van der Waals surface area (Å²) in [5.41, 5.74) is 6.27. The molecule has 0 aromatic carbocycles. The topological polar surface area (TPSA) is 67.9 Å². The fourth-order valence-electron chi connectivity index (χ4n) is 0.616. The molecule has 0 aromatic heterocycles. The maximum absolute atomic E-state index is 11.3. The lowest BCUT2D eigenvalue weighted by Crippen LogP contribution is -2.30. The van der Waals surface area contributed by atoms with Crippen molar-refractivity contribution in [3.63, 3.8) is 0 Å². The van der Waals surface area contributed by atoms with Crippen LogP contribution in [-0.2, 0) is 9.63 Å². The van der Waals surface area contributed by atoms with Crippen molar-refractivity contribution < 1.29 is 9.63 Å². The number of hydrogen-bond acceptors (Lipinski definition) is 4. The van der Waals surface area contributed by atoms with Crippen molar-refractivity contribution in [3.05, 3.63) is 11.8 Å². The number of aliphatic imine (C=N–C) groups is 1. The van der Waals surface area contributed by atoms with Crippen LogP contribution < -0.4 is 5.73 Å². The highest BCUT2D eigenvalue weighted by Gasteiger charge is 2.10. The quantitative estimate of drug-likeness (QED) is 0.380. The van der Waals surface area contributed by atoms with Crippen molar-refractivity contribution in [2.45, 2.75) is 6.92 Å². The maximum atomic E-state index is 11.3. The SMILES string of the molecule is CN=C(C)C=C(N)C(=O)N(C)OC. The molecule has 13 heavy (non-hydrogen) atoms. The Hall–Kier alpha value is -1.36. The molecule has 0 unspecified atom stereocenters. The first-order valence-corrected chi connectivity index (χ1v) is 3.75. The van der Waals surface area contributed by atoms with E-state index in [1.807, 2.05) is 0 Å². The first kappa shape index (κ1) is 11.6. The Kier molecular flexibility index (Phi) is 4.76. The second-order valence-corrected chi connectivity index (χ2v) is 2.45. The Labute approximate surface area is 77.8 Å². The highest BCUT2D eigenvalue weighted by atomic mass is 16.7. The molecule has 0 rings (SSSR count). The van der Waals surface area contributed by atoms with E-state index >= 15 is 0 Å². The van der Waals surface area contributed by atoms with Gasteiger partial charge in [-0.15, -0.1) is 0 Å². The van der Waals surface area contributed by atoms with Crippen LogP contribution in [0.5, 0.6) is 0 Å². The lowest BCUT2D eigenvalue weighted by molar-refractivity contribution is -0.164. The largest absolute Gasteiger partial charge is 0.394 e. The number of carbonyl (C=O) groups excluding carboxylic acids is 1. The summed E-state index contributed by atoms with van der Waals surface area (Å²) in [7, 11) is 4.51. The monoisotopic (exact) mass is 185 g/mol. The van der Waals surface area contributed by atoms with Gasteiger partial charge in [-0.2, -0.15) is 0 Å². The minimum absolute atomic E-state index is 0.104. The zero-order valence-electron chi connectivity index (χ0n) is 8.37. The average Bonchev–Trinajstić information content (AvgIpc) is 2.14. The van der Waals surface area contributed by atoms with E-state index in [-0.39, 0.29) is 11.6 Å². The third kappa shape index (κ3) is 3.71. The van der Waals surface area contributed by atoms with Gasteiger partial charge in [0.2, 0.25) is 0 Å². The summed E-state index contributed by atoms with van der Waals surface area (Å²) in [6.07, 6.45) is 1.50. The summed E-state index contributed by atoms with van der Waals surface area (Å²) in [4.78, 5) is 19.8. The van der Waals surface area contributed by atoms with Crippen LogP contribution in [-0.4, -0.2) is 37.9 Å². The molecule has 0 aliphatic rings. The molecule has 0 heterocycles. The molecular formula is C8H15N3O2. The van der Waals surface area contributed by atoms with Gasteiger partial charge in [0.1, 0.15) is 5.70 Å². The van der Waals surface area contributed by atoms with E-state index in [9.17, 15) is 4.79 Å². The van der Waals surface area contributed by atoms with Gasteiger partial charge in [-0.25, -0.2) is 5.06 Å². The minimum Gasteiger partial charge on any atom is -0.394 e. The molecule has 5 nitrogen and oxygen atoms in total. The molecule has 0 radical (unpaired) electrons. The summed E-state index contributed by atoms with van der Waals surface area (Å²) in [6, 6.07) is 0. The Morgan fingerprint density at radius 3 is 2.54 bits per heavy atom. The predicted molar refractivity (Wildman–Crippen MR) is 51.1 cm³/mol. The Morgan fingerprint density at radius 2 is 2.15 bits per heavy atom. The van der Waals surface area contributed by atoms with E-state index in [0.717, 1.165) is 5.06 Å². The minimum atomic E-state index is -0.384. The standard InChI is InChI=1S/C8H15N3O2/c1-6(10-2)5-7(9)8(12)11(3)13-4/h5H,9H2,1-4H3. The van der Waals surface area contributed by atoms with Gasteiger partial charge in [-0.05, 0) is 13.0 Å². The van der Waals surface area contributed by atoms with Gasteiger partial charge in [0.25, 0.3) is 5.91 Å². The van der Waals surface area contributed by atoms with Crippen molar-refractivity contribution >= 4 is 11.6 Å². The van der Waals surface area contributed by atoms with Gasteiger partial charge >= 0.3 is 0 Å². The van der Waals surface area contributed by atoms with Crippen LogP contribution in [0.25, 0.3) is 0 Å². The Bertz CT molecular complexity index is 246. The lowest BCUT2D eigenvalue weighted by atomic mass is 10.3. The second-order valence-electron chi connectivity index (χ2n) is 2.45. The van der Waals surface area contributed by atoms with Gasteiger partial charge < -0.3 is 5.73 Å². The number of likely N-dealkylation sites (N-methyl/N-ethyl adjacent to an activating group) is 1. The third-order valence-electron chi connectivity index (χ3n) is 1.52. The van der Waals surface area contributed by atoms with Crippen molar-refractivity contribution in [1.82, 2.24) is 5.06 Å². The van der Waals surface area contributed by atoms with E-state index in [1.165, 1.54) is 20.2 Å². The highest BCUT2D eigenvalue weighted by molar-refractivity contribution is 6.01. The number of hydrogen-bond donors (Lipinski definition) is 1. The van der Waals surface area contributed by atoms with Crippen LogP contribution in [0.2, 0.25) is 0 Å². The van der Waals surface area contributed by atoms with E-state index in [0.29, 0.717) is 5.71 Å². The molecule has 0 saturated heterocycles. The van der Waals surface area contributed by atoms with Gasteiger partial charge in [0.05, 0.1) is 7.11 Å². The summed E-state index contributed by atoms with van der Waals surface area (Å²) in [6.45, 7) is 1.76. The summed E-state index contributed by atoms with van der Waals surface area (Å²) in [5.74, 6) is -0.384. The summed E-state index contributed by atoms with van der Waals surface area (Å²) in [5, 5.41) is 1.05. The summed E-state index contributed by atoms with van der Waals surface area (Å²) < 4.78 is 0. The number of carbonyl (C=O) groups is 1. The van der Waals surface area contributed by atoms with E-state index in [2.05, 4.69) is 9.83 Å².